The fourth-order valence-electron chi connectivity index (χ4n) is 10.6. The number of hydrogen-bond acceptors (Lipinski definition) is 5. The second-order valence-corrected chi connectivity index (χ2v) is 16.2. The monoisotopic (exact) mass is 710 g/mol. The van der Waals surface area contributed by atoms with E-state index in [9.17, 15) is 5.26 Å². The summed E-state index contributed by atoms with van der Waals surface area (Å²) in [5.74, 6) is 4.67. The predicted octanol–water partition coefficient (Wildman–Crippen LogP) is 12.4. The van der Waals surface area contributed by atoms with E-state index in [4.69, 9.17) is 19.4 Å². The molecule has 0 aliphatic heterocycles. The van der Waals surface area contributed by atoms with Gasteiger partial charge in [0.15, 0.2) is 17.5 Å². The van der Waals surface area contributed by atoms with Crippen LogP contribution in [0.2, 0.25) is 0 Å². The lowest BCUT2D eigenvalue weighted by molar-refractivity contribution is -0.00518. The van der Waals surface area contributed by atoms with Crippen molar-refractivity contribution in [2.75, 3.05) is 0 Å². The van der Waals surface area contributed by atoms with Crippen LogP contribution in [-0.4, -0.2) is 15.0 Å². The molecule has 5 nitrogen and oxygen atoms in total. The molecule has 4 aliphatic carbocycles. The minimum atomic E-state index is 0.342. The molecule has 55 heavy (non-hydrogen) atoms. The maximum atomic E-state index is 9.49. The van der Waals surface area contributed by atoms with Crippen LogP contribution in [0.15, 0.2) is 144 Å². The minimum Gasteiger partial charge on any atom is -0.455 e. The Bertz CT molecular complexity index is 2760. The fraction of sp³-hybridized carbons (Fsp3) is 0.200. The Morgan fingerprint density at radius 3 is 1.76 bits per heavy atom. The number of aromatic nitrogens is 3. The van der Waals surface area contributed by atoms with Crippen molar-refractivity contribution < 1.29 is 4.42 Å². The number of nitriles is 1. The molecular formula is C50H38N4O. The fourth-order valence-corrected chi connectivity index (χ4v) is 10.6. The number of benzene rings is 6. The van der Waals surface area contributed by atoms with Crippen LogP contribution in [0.5, 0.6) is 0 Å². The van der Waals surface area contributed by atoms with E-state index >= 15 is 0 Å². The lowest BCUT2D eigenvalue weighted by Gasteiger charge is -2.57. The third-order valence-corrected chi connectivity index (χ3v) is 12.7. The average Bonchev–Trinajstić information content (AvgIpc) is 3.62. The summed E-state index contributed by atoms with van der Waals surface area (Å²) in [6.07, 6.45) is 8.37. The van der Waals surface area contributed by atoms with Crippen LogP contribution in [0.4, 0.5) is 0 Å². The molecule has 0 radical (unpaired) electrons. The Balaban J connectivity index is 0.986. The molecule has 4 bridgehead atoms. The van der Waals surface area contributed by atoms with Crippen molar-refractivity contribution in [1.29, 1.82) is 5.26 Å². The van der Waals surface area contributed by atoms with Gasteiger partial charge in [0.1, 0.15) is 11.2 Å². The molecule has 264 valence electrons. The minimum absolute atomic E-state index is 0.342. The summed E-state index contributed by atoms with van der Waals surface area (Å²) in [5, 5.41) is 11.4. The SMILES string of the molecule is N#Cc1ccc2oc3c(-c4ccc(-c5nc(-c6ccc(C78CC9CC(CC(C9)C7)C8)cc6)nc(-c6cccc(-c7ccccc7)c6)n5)cc4)cccc3c2c1. The highest BCUT2D eigenvalue weighted by atomic mass is 16.3. The van der Waals surface area contributed by atoms with Gasteiger partial charge in [0.2, 0.25) is 0 Å². The van der Waals surface area contributed by atoms with Gasteiger partial charge < -0.3 is 4.42 Å². The summed E-state index contributed by atoms with van der Waals surface area (Å²) >= 11 is 0. The van der Waals surface area contributed by atoms with Crippen LogP contribution in [0.1, 0.15) is 49.7 Å². The molecule has 5 heteroatoms. The molecule has 0 spiro atoms. The Morgan fingerprint density at radius 1 is 0.509 bits per heavy atom. The van der Waals surface area contributed by atoms with Crippen molar-refractivity contribution in [2.45, 2.75) is 43.9 Å². The third kappa shape index (κ3) is 5.55. The zero-order valence-electron chi connectivity index (χ0n) is 30.5. The second kappa shape index (κ2) is 12.6. The lowest BCUT2D eigenvalue weighted by atomic mass is 9.48. The Kier molecular flexibility index (Phi) is 7.35. The number of furan rings is 1. The van der Waals surface area contributed by atoms with E-state index in [-0.39, 0.29) is 0 Å². The standard InChI is InChI=1S/C50H38N4O/c51-30-31-12-21-45-44(25-31)43-11-5-10-42(46(43)55-45)36-13-15-37(16-14-36)47-52-48(54-49(53-47)40-9-4-8-39(26-40)35-6-2-1-3-7-35)38-17-19-41(20-18-38)50-27-32-22-33(28-50)24-34(23-32)29-50/h1-21,25-26,32-34H,22-24,27-29H2. The lowest BCUT2D eigenvalue weighted by Crippen LogP contribution is -2.48. The van der Waals surface area contributed by atoms with Gasteiger partial charge in [-0.25, -0.2) is 15.0 Å². The summed E-state index contributed by atoms with van der Waals surface area (Å²) in [7, 11) is 0. The zero-order valence-corrected chi connectivity index (χ0v) is 30.5. The van der Waals surface area contributed by atoms with Gasteiger partial charge in [0.05, 0.1) is 11.6 Å². The van der Waals surface area contributed by atoms with Gasteiger partial charge in [-0.1, -0.05) is 115 Å². The summed E-state index contributed by atoms with van der Waals surface area (Å²) in [6, 6.07) is 50.5. The Hall–Kier alpha value is -6.38. The molecule has 2 heterocycles. The molecule has 2 aromatic heterocycles. The van der Waals surface area contributed by atoms with Crippen LogP contribution in [0, 0.1) is 29.1 Å². The van der Waals surface area contributed by atoms with E-state index < -0.39 is 0 Å². The molecule has 0 unspecified atom stereocenters. The smallest absolute Gasteiger partial charge is 0.164 e. The normalized spacial score (nSPS) is 21.3. The molecular weight excluding hydrogens is 673 g/mol. The molecule has 12 rings (SSSR count). The van der Waals surface area contributed by atoms with Crippen LogP contribution < -0.4 is 0 Å². The van der Waals surface area contributed by atoms with Crippen molar-refractivity contribution in [1.82, 2.24) is 15.0 Å². The van der Waals surface area contributed by atoms with E-state index in [1.807, 2.05) is 24.3 Å². The highest BCUT2D eigenvalue weighted by Gasteiger charge is 2.51. The molecule has 0 amide bonds. The van der Waals surface area contributed by atoms with Crippen LogP contribution in [0.25, 0.3) is 78.4 Å². The number of rotatable bonds is 6. The van der Waals surface area contributed by atoms with E-state index in [0.29, 0.717) is 28.5 Å². The predicted molar refractivity (Wildman–Crippen MR) is 219 cm³/mol. The van der Waals surface area contributed by atoms with E-state index in [2.05, 4.69) is 115 Å². The molecule has 6 aromatic carbocycles. The Morgan fingerprint density at radius 2 is 1.09 bits per heavy atom. The quantitative estimate of drug-likeness (QED) is 0.172. The van der Waals surface area contributed by atoms with Gasteiger partial charge in [-0.3, -0.25) is 0 Å². The topological polar surface area (TPSA) is 75.6 Å². The van der Waals surface area contributed by atoms with Crippen molar-refractivity contribution in [3.8, 4) is 62.5 Å². The summed E-state index contributed by atoms with van der Waals surface area (Å²) in [4.78, 5) is 15.4. The maximum absolute atomic E-state index is 9.49. The molecule has 0 atom stereocenters. The van der Waals surface area contributed by atoms with Gasteiger partial charge in [-0.2, -0.15) is 5.26 Å². The third-order valence-electron chi connectivity index (χ3n) is 12.7. The molecule has 8 aromatic rings. The van der Waals surface area contributed by atoms with E-state index in [1.165, 1.54) is 44.1 Å². The second-order valence-electron chi connectivity index (χ2n) is 16.2. The van der Waals surface area contributed by atoms with Gasteiger partial charge in [0.25, 0.3) is 0 Å². The first kappa shape index (κ1) is 32.1. The average molecular weight is 711 g/mol. The van der Waals surface area contributed by atoms with Crippen molar-refractivity contribution in [3.05, 3.63) is 151 Å². The van der Waals surface area contributed by atoms with Gasteiger partial charge in [-0.15, -0.1) is 0 Å². The molecule has 4 aliphatic rings. The first-order chi connectivity index (χ1) is 27.1. The highest BCUT2D eigenvalue weighted by Crippen LogP contribution is 2.60. The Labute approximate surface area is 320 Å². The molecule has 4 fully saturated rings. The first-order valence-electron chi connectivity index (χ1n) is 19.6. The zero-order chi connectivity index (χ0) is 36.5. The molecule has 0 N–H and O–H groups in total. The number of para-hydroxylation sites is 1. The highest BCUT2D eigenvalue weighted by molar-refractivity contribution is 6.09. The first-order valence-corrected chi connectivity index (χ1v) is 19.6. The van der Waals surface area contributed by atoms with Crippen molar-refractivity contribution in [2.24, 2.45) is 17.8 Å². The van der Waals surface area contributed by atoms with Gasteiger partial charge in [0, 0.05) is 33.0 Å². The number of nitrogens with zero attached hydrogens (tertiary/aromatic N) is 4. The number of hydrogen-bond donors (Lipinski definition) is 0. The largest absolute Gasteiger partial charge is 0.455 e. The van der Waals surface area contributed by atoms with Crippen molar-refractivity contribution in [3.63, 3.8) is 0 Å². The van der Waals surface area contributed by atoms with Crippen molar-refractivity contribution >= 4 is 21.9 Å². The van der Waals surface area contributed by atoms with Crippen LogP contribution in [-0.2, 0) is 5.41 Å². The summed E-state index contributed by atoms with van der Waals surface area (Å²) in [6.45, 7) is 0. The van der Waals surface area contributed by atoms with Crippen LogP contribution in [0.3, 0.4) is 0 Å². The van der Waals surface area contributed by atoms with E-state index in [1.54, 1.807) is 6.07 Å². The number of fused-ring (bicyclic) bond motifs is 3. The van der Waals surface area contributed by atoms with Gasteiger partial charge in [-0.05, 0) is 108 Å². The molecule has 4 saturated carbocycles. The van der Waals surface area contributed by atoms with Gasteiger partial charge >= 0.3 is 0 Å². The molecule has 0 saturated heterocycles. The van der Waals surface area contributed by atoms with E-state index in [0.717, 1.165) is 78.6 Å². The summed E-state index contributed by atoms with van der Waals surface area (Å²) in [5.41, 5.74) is 11.2. The maximum Gasteiger partial charge on any atom is 0.164 e. The summed E-state index contributed by atoms with van der Waals surface area (Å²) < 4.78 is 6.36. The van der Waals surface area contributed by atoms with Crippen LogP contribution >= 0.6 is 0 Å².